The predicted octanol–water partition coefficient (Wildman–Crippen LogP) is 3.66. The molecule has 0 spiro atoms. The molecule has 0 unspecified atom stereocenters. The molecule has 4 nitrogen and oxygen atoms in total. The highest BCUT2D eigenvalue weighted by atomic mass is 16.3. The third kappa shape index (κ3) is 3.88. The molecule has 1 aromatic rings. The summed E-state index contributed by atoms with van der Waals surface area (Å²) < 4.78 is 0. The van der Waals surface area contributed by atoms with Crippen LogP contribution in [0, 0.1) is 6.92 Å². The van der Waals surface area contributed by atoms with Crippen molar-refractivity contribution in [1.29, 1.82) is 0 Å². The SMILES string of the molecule is CCCCCCCC(=O)c1c(O)cc(O)c(C)c1O. The zero-order valence-corrected chi connectivity index (χ0v) is 11.6. The molecule has 0 aromatic heterocycles. The van der Waals surface area contributed by atoms with E-state index in [0.29, 0.717) is 6.42 Å². The van der Waals surface area contributed by atoms with Gasteiger partial charge in [-0.25, -0.2) is 0 Å². The quantitative estimate of drug-likeness (QED) is 0.520. The van der Waals surface area contributed by atoms with Crippen molar-refractivity contribution >= 4 is 5.78 Å². The fourth-order valence-electron chi connectivity index (χ4n) is 2.03. The summed E-state index contributed by atoms with van der Waals surface area (Å²) in [7, 11) is 0. The molecular weight excluding hydrogens is 244 g/mol. The summed E-state index contributed by atoms with van der Waals surface area (Å²) in [5.74, 6) is -1.18. The van der Waals surface area contributed by atoms with E-state index in [-0.39, 0.29) is 34.2 Å². The smallest absolute Gasteiger partial charge is 0.170 e. The lowest BCUT2D eigenvalue weighted by atomic mass is 9.99. The average Bonchev–Trinajstić information content (AvgIpc) is 2.36. The Morgan fingerprint density at radius 3 is 2.32 bits per heavy atom. The van der Waals surface area contributed by atoms with Gasteiger partial charge < -0.3 is 15.3 Å². The number of hydrogen-bond acceptors (Lipinski definition) is 4. The Morgan fingerprint density at radius 2 is 1.68 bits per heavy atom. The first-order valence-electron chi connectivity index (χ1n) is 6.76. The summed E-state index contributed by atoms with van der Waals surface area (Å²) in [6.07, 6.45) is 5.41. The van der Waals surface area contributed by atoms with E-state index in [0.717, 1.165) is 38.2 Å². The number of phenols is 3. The second kappa shape index (κ2) is 7.02. The lowest BCUT2D eigenvalue weighted by Gasteiger charge is -2.10. The second-order valence-electron chi connectivity index (χ2n) is 4.85. The number of hydrogen-bond donors (Lipinski definition) is 3. The Kier molecular flexibility index (Phi) is 5.67. The van der Waals surface area contributed by atoms with E-state index >= 15 is 0 Å². The van der Waals surface area contributed by atoms with Crippen LogP contribution in [0.3, 0.4) is 0 Å². The molecule has 0 aliphatic heterocycles. The van der Waals surface area contributed by atoms with Crippen LogP contribution in [-0.2, 0) is 0 Å². The third-order valence-corrected chi connectivity index (χ3v) is 3.29. The highest BCUT2D eigenvalue weighted by molar-refractivity contribution is 6.01. The highest BCUT2D eigenvalue weighted by Crippen LogP contribution is 2.37. The largest absolute Gasteiger partial charge is 0.507 e. The molecule has 0 aliphatic carbocycles. The number of aromatic hydroxyl groups is 3. The van der Waals surface area contributed by atoms with Crippen LogP contribution in [-0.4, -0.2) is 21.1 Å². The van der Waals surface area contributed by atoms with Crippen molar-refractivity contribution in [2.75, 3.05) is 0 Å². The van der Waals surface area contributed by atoms with E-state index in [9.17, 15) is 20.1 Å². The summed E-state index contributed by atoms with van der Waals surface area (Å²) in [6.45, 7) is 3.63. The van der Waals surface area contributed by atoms with Crippen LogP contribution in [0.25, 0.3) is 0 Å². The number of unbranched alkanes of at least 4 members (excludes halogenated alkanes) is 4. The summed E-state index contributed by atoms with van der Waals surface area (Å²) in [5, 5.41) is 28.9. The van der Waals surface area contributed by atoms with Gasteiger partial charge in [0.25, 0.3) is 0 Å². The number of benzene rings is 1. The maximum Gasteiger partial charge on any atom is 0.170 e. The van der Waals surface area contributed by atoms with Crippen molar-refractivity contribution in [2.24, 2.45) is 0 Å². The zero-order valence-electron chi connectivity index (χ0n) is 11.6. The van der Waals surface area contributed by atoms with Crippen LogP contribution in [0.4, 0.5) is 0 Å². The van der Waals surface area contributed by atoms with Gasteiger partial charge >= 0.3 is 0 Å². The molecule has 0 aliphatic rings. The molecule has 106 valence electrons. The van der Waals surface area contributed by atoms with Gasteiger partial charge in [0, 0.05) is 18.1 Å². The molecule has 0 heterocycles. The molecule has 0 amide bonds. The monoisotopic (exact) mass is 266 g/mol. The number of phenolic OH excluding ortho intramolecular Hbond substituents is 3. The molecular formula is C15H22O4. The molecule has 0 bridgehead atoms. The molecule has 4 heteroatoms. The normalized spacial score (nSPS) is 10.6. The van der Waals surface area contributed by atoms with Crippen LogP contribution in [0.15, 0.2) is 6.07 Å². The van der Waals surface area contributed by atoms with Crippen molar-refractivity contribution in [2.45, 2.75) is 52.4 Å². The summed E-state index contributed by atoms with van der Waals surface area (Å²) in [6, 6.07) is 1.10. The van der Waals surface area contributed by atoms with Gasteiger partial charge in [-0.1, -0.05) is 32.6 Å². The summed E-state index contributed by atoms with van der Waals surface area (Å²) in [4.78, 5) is 12.0. The van der Waals surface area contributed by atoms with Crippen molar-refractivity contribution in [3.05, 3.63) is 17.2 Å². The molecule has 0 fully saturated rings. The van der Waals surface area contributed by atoms with Crippen LogP contribution in [0.5, 0.6) is 17.2 Å². The van der Waals surface area contributed by atoms with Gasteiger partial charge in [-0.05, 0) is 13.3 Å². The average molecular weight is 266 g/mol. The summed E-state index contributed by atoms with van der Waals surface area (Å²) in [5.41, 5.74) is 0.137. The molecule has 0 saturated heterocycles. The van der Waals surface area contributed by atoms with E-state index < -0.39 is 0 Å². The van der Waals surface area contributed by atoms with Gasteiger partial charge in [0.2, 0.25) is 0 Å². The van der Waals surface area contributed by atoms with E-state index in [1.165, 1.54) is 6.92 Å². The van der Waals surface area contributed by atoms with Crippen LogP contribution < -0.4 is 0 Å². The van der Waals surface area contributed by atoms with Gasteiger partial charge in [-0.3, -0.25) is 4.79 Å². The van der Waals surface area contributed by atoms with Crippen LogP contribution >= 0.6 is 0 Å². The van der Waals surface area contributed by atoms with Gasteiger partial charge in [0.1, 0.15) is 22.8 Å². The molecule has 1 rings (SSSR count). The van der Waals surface area contributed by atoms with Gasteiger partial charge in [0.05, 0.1) is 0 Å². The topological polar surface area (TPSA) is 77.8 Å². The molecule has 3 N–H and O–H groups in total. The van der Waals surface area contributed by atoms with Crippen LogP contribution in [0.2, 0.25) is 0 Å². The van der Waals surface area contributed by atoms with Gasteiger partial charge in [0.15, 0.2) is 5.78 Å². The summed E-state index contributed by atoms with van der Waals surface area (Å²) >= 11 is 0. The number of Topliss-reactive ketones (excluding diaryl/α,β-unsaturated/α-hetero) is 1. The molecule has 0 radical (unpaired) electrons. The maximum atomic E-state index is 12.0. The number of ketones is 1. The minimum Gasteiger partial charge on any atom is -0.507 e. The minimum absolute atomic E-state index is 0.0780. The minimum atomic E-state index is -0.362. The first-order chi connectivity index (χ1) is 8.99. The number of carbonyl (C=O) groups is 1. The molecule has 0 saturated carbocycles. The third-order valence-electron chi connectivity index (χ3n) is 3.29. The first-order valence-corrected chi connectivity index (χ1v) is 6.76. The van der Waals surface area contributed by atoms with E-state index in [1.807, 2.05) is 0 Å². The Balaban J connectivity index is 2.70. The fourth-order valence-corrected chi connectivity index (χ4v) is 2.03. The standard InChI is InChI=1S/C15H22O4/c1-3-4-5-6-7-8-11(16)14-13(18)9-12(17)10(2)15(14)19/h9,17-19H,3-8H2,1-2H3. The van der Waals surface area contributed by atoms with Crippen molar-refractivity contribution < 1.29 is 20.1 Å². The maximum absolute atomic E-state index is 12.0. The number of carbonyl (C=O) groups excluding carboxylic acids is 1. The van der Waals surface area contributed by atoms with E-state index in [4.69, 9.17) is 0 Å². The first kappa shape index (κ1) is 15.3. The lowest BCUT2D eigenvalue weighted by Crippen LogP contribution is -2.01. The Labute approximate surface area is 113 Å². The van der Waals surface area contributed by atoms with Crippen molar-refractivity contribution in [1.82, 2.24) is 0 Å². The Morgan fingerprint density at radius 1 is 1.05 bits per heavy atom. The Hall–Kier alpha value is -1.71. The van der Waals surface area contributed by atoms with Gasteiger partial charge in [-0.2, -0.15) is 0 Å². The Bertz CT molecular complexity index is 452. The van der Waals surface area contributed by atoms with Gasteiger partial charge in [-0.15, -0.1) is 0 Å². The van der Waals surface area contributed by atoms with Crippen molar-refractivity contribution in [3.8, 4) is 17.2 Å². The van der Waals surface area contributed by atoms with Crippen molar-refractivity contribution in [3.63, 3.8) is 0 Å². The second-order valence-corrected chi connectivity index (χ2v) is 4.85. The fraction of sp³-hybridized carbons (Fsp3) is 0.533. The molecule has 1 aromatic carbocycles. The number of rotatable bonds is 7. The molecule has 19 heavy (non-hydrogen) atoms. The molecule has 0 atom stereocenters. The van der Waals surface area contributed by atoms with E-state index in [1.54, 1.807) is 0 Å². The lowest BCUT2D eigenvalue weighted by molar-refractivity contribution is 0.0973. The van der Waals surface area contributed by atoms with Crippen LogP contribution in [0.1, 0.15) is 61.4 Å². The van der Waals surface area contributed by atoms with E-state index in [2.05, 4.69) is 6.92 Å². The highest BCUT2D eigenvalue weighted by Gasteiger charge is 2.20. The zero-order chi connectivity index (χ0) is 14.4. The predicted molar refractivity (Wildman–Crippen MR) is 73.9 cm³/mol.